The maximum atomic E-state index is 13.2. The highest BCUT2D eigenvalue weighted by Crippen LogP contribution is 2.51. The Hall–Kier alpha value is -3.80. The number of fused-ring (bicyclic) bond motifs is 1. The predicted molar refractivity (Wildman–Crippen MR) is 143 cm³/mol. The maximum absolute atomic E-state index is 13.2. The van der Waals surface area contributed by atoms with E-state index in [4.69, 9.17) is 14.5 Å². The summed E-state index contributed by atoms with van der Waals surface area (Å²) >= 11 is 0. The molecule has 0 radical (unpaired) electrons. The average molecular weight is 487 g/mol. The maximum Gasteiger partial charge on any atom is 0.319 e. The lowest BCUT2D eigenvalue weighted by molar-refractivity contribution is -0.143. The minimum atomic E-state index is -1.46. The van der Waals surface area contributed by atoms with Gasteiger partial charge in [0.05, 0.1) is 30.2 Å². The van der Waals surface area contributed by atoms with Gasteiger partial charge in [0.15, 0.2) is 0 Å². The molecule has 1 aromatic heterocycles. The van der Waals surface area contributed by atoms with E-state index in [1.54, 1.807) is 12.2 Å². The van der Waals surface area contributed by atoms with Crippen LogP contribution in [0.2, 0.25) is 0 Å². The van der Waals surface area contributed by atoms with Crippen LogP contribution in [0.25, 0.3) is 16.6 Å². The molecular weight excluding hydrogens is 452 g/mol. The number of hydrogen-bond donors (Lipinski definition) is 1. The number of rotatable bonds is 9. The van der Waals surface area contributed by atoms with Crippen LogP contribution in [-0.2, 0) is 9.53 Å². The van der Waals surface area contributed by atoms with Crippen molar-refractivity contribution in [2.24, 2.45) is 5.41 Å². The molecule has 0 saturated carbocycles. The first-order chi connectivity index (χ1) is 17.2. The number of ether oxygens (including phenoxy) is 2. The lowest BCUT2D eigenvalue weighted by Crippen LogP contribution is -2.39. The van der Waals surface area contributed by atoms with E-state index < -0.39 is 17.3 Å². The number of carboxylic acid groups (broad SMARTS) is 1. The molecule has 1 aliphatic carbocycles. The third-order valence-corrected chi connectivity index (χ3v) is 6.68. The van der Waals surface area contributed by atoms with Crippen molar-refractivity contribution >= 4 is 22.6 Å². The molecule has 0 amide bonds. The molecule has 0 bridgehead atoms. The molecule has 2 aromatic carbocycles. The van der Waals surface area contributed by atoms with Crippen molar-refractivity contribution in [3.05, 3.63) is 90.0 Å². The summed E-state index contributed by atoms with van der Waals surface area (Å²) in [5.41, 5.74) is 2.65. The molecule has 188 valence electrons. The third-order valence-electron chi connectivity index (χ3n) is 6.68. The molecule has 36 heavy (non-hydrogen) atoms. The minimum absolute atomic E-state index is 0.0628. The lowest BCUT2D eigenvalue weighted by atomic mass is 9.65. The predicted octanol–water partition coefficient (Wildman–Crippen LogP) is 6.68. The van der Waals surface area contributed by atoms with Crippen molar-refractivity contribution in [3.63, 3.8) is 0 Å². The molecule has 1 N–H and O–H groups in total. The summed E-state index contributed by atoms with van der Waals surface area (Å²) in [5, 5.41) is 10.8. The first-order valence-corrected chi connectivity index (χ1v) is 12.4. The minimum Gasteiger partial charge on any atom is -0.494 e. The van der Waals surface area contributed by atoms with Gasteiger partial charge in [-0.1, -0.05) is 30.9 Å². The molecule has 0 spiro atoms. The van der Waals surface area contributed by atoms with Crippen LogP contribution in [0.3, 0.4) is 0 Å². The lowest BCUT2D eigenvalue weighted by Gasteiger charge is -2.37. The van der Waals surface area contributed by atoms with E-state index >= 15 is 0 Å². The fraction of sp³-hybridized carbons (Fsp3) is 0.333. The van der Waals surface area contributed by atoms with Crippen LogP contribution in [0.4, 0.5) is 0 Å². The van der Waals surface area contributed by atoms with Crippen molar-refractivity contribution in [3.8, 4) is 5.75 Å². The molecule has 0 saturated heterocycles. The Labute approximate surface area is 212 Å². The van der Waals surface area contributed by atoms with Gasteiger partial charge in [-0.05, 0) is 87.7 Å². The monoisotopic (exact) mass is 486 g/mol. The van der Waals surface area contributed by atoms with Crippen LogP contribution in [-0.4, -0.2) is 33.8 Å². The molecule has 1 heterocycles. The highest BCUT2D eigenvalue weighted by Gasteiger charge is 2.50. The van der Waals surface area contributed by atoms with Gasteiger partial charge in [-0.25, -0.2) is 4.98 Å². The van der Waals surface area contributed by atoms with E-state index in [0.717, 1.165) is 27.9 Å². The van der Waals surface area contributed by atoms with Crippen LogP contribution < -0.4 is 4.74 Å². The van der Waals surface area contributed by atoms with Crippen molar-refractivity contribution in [1.29, 1.82) is 0 Å². The number of benzene rings is 2. The number of hydrogen-bond acceptors (Lipinski definition) is 4. The van der Waals surface area contributed by atoms with Crippen LogP contribution in [0.15, 0.2) is 73.0 Å². The Kier molecular flexibility index (Phi) is 7.07. The van der Waals surface area contributed by atoms with Crippen molar-refractivity contribution in [1.82, 2.24) is 9.55 Å². The van der Waals surface area contributed by atoms with Gasteiger partial charge in [0.2, 0.25) is 0 Å². The van der Waals surface area contributed by atoms with E-state index in [9.17, 15) is 9.90 Å². The quantitative estimate of drug-likeness (QED) is 0.365. The van der Waals surface area contributed by atoms with Gasteiger partial charge in [0.25, 0.3) is 0 Å². The smallest absolute Gasteiger partial charge is 0.319 e. The largest absolute Gasteiger partial charge is 0.494 e. The standard InChI is InChI=1S/C30H34N2O4/c1-7-35-23-12-10-22(11-13-23)21(6)30(29(33)34)16-15-24(36-8-2)18-25(30)28-31-26-17-20(5)9-14-27(26)32(28)19(3)4/h9-19,25H,6-8H2,1-5H3,(H,33,34). The Morgan fingerprint density at radius 1 is 1.14 bits per heavy atom. The average Bonchev–Trinajstić information content (AvgIpc) is 3.23. The number of aliphatic carboxylic acids is 1. The third kappa shape index (κ3) is 4.32. The second-order valence-corrected chi connectivity index (χ2v) is 9.35. The Balaban J connectivity index is 1.95. The van der Waals surface area contributed by atoms with Crippen molar-refractivity contribution in [2.75, 3.05) is 13.2 Å². The molecule has 0 fully saturated rings. The number of imidazole rings is 1. The zero-order valence-electron chi connectivity index (χ0n) is 21.6. The van der Waals surface area contributed by atoms with Gasteiger partial charge in [-0.3, -0.25) is 4.79 Å². The second kappa shape index (κ2) is 10.1. The summed E-state index contributed by atoms with van der Waals surface area (Å²) in [4.78, 5) is 18.2. The zero-order valence-corrected chi connectivity index (χ0v) is 21.6. The number of aryl methyl sites for hydroxylation is 1. The molecule has 0 aliphatic heterocycles. The Morgan fingerprint density at radius 3 is 2.44 bits per heavy atom. The molecular formula is C30H34N2O4. The van der Waals surface area contributed by atoms with Crippen molar-refractivity contribution in [2.45, 2.75) is 46.6 Å². The molecule has 2 unspecified atom stereocenters. The number of carbonyl (C=O) groups is 1. The van der Waals surface area contributed by atoms with Crippen LogP contribution in [0.1, 0.15) is 56.6 Å². The Bertz CT molecular complexity index is 1350. The van der Waals surface area contributed by atoms with E-state index in [1.165, 1.54) is 0 Å². The summed E-state index contributed by atoms with van der Waals surface area (Å²) in [7, 11) is 0. The molecule has 2 atom stereocenters. The normalized spacial score (nSPS) is 19.4. The van der Waals surface area contributed by atoms with Crippen molar-refractivity contribution < 1.29 is 19.4 Å². The van der Waals surface area contributed by atoms with Gasteiger partial charge < -0.3 is 19.1 Å². The SMILES string of the molecule is C=C(c1ccc(OCC)cc1)C1(C(=O)O)C=CC(OCC)=CC1c1nc2cc(C)ccc2n1C(C)C. The van der Waals surface area contributed by atoms with Crippen LogP contribution in [0.5, 0.6) is 5.75 Å². The second-order valence-electron chi connectivity index (χ2n) is 9.35. The van der Waals surface area contributed by atoms with Gasteiger partial charge in [0, 0.05) is 6.04 Å². The summed E-state index contributed by atoms with van der Waals surface area (Å²) < 4.78 is 13.5. The van der Waals surface area contributed by atoms with Gasteiger partial charge in [0.1, 0.15) is 22.7 Å². The molecule has 6 heteroatoms. The van der Waals surface area contributed by atoms with Gasteiger partial charge in [-0.2, -0.15) is 0 Å². The number of carboxylic acids is 1. The molecule has 4 rings (SSSR count). The summed E-state index contributed by atoms with van der Waals surface area (Å²) in [6.45, 7) is 15.4. The van der Waals surface area contributed by atoms with E-state index in [1.807, 2.05) is 57.2 Å². The first kappa shape index (κ1) is 25.3. The highest BCUT2D eigenvalue weighted by molar-refractivity contribution is 5.96. The molecule has 1 aliphatic rings. The van der Waals surface area contributed by atoms with E-state index in [2.05, 4.69) is 37.1 Å². The number of nitrogens with zero attached hydrogens (tertiary/aromatic N) is 2. The van der Waals surface area contributed by atoms with E-state index in [0.29, 0.717) is 30.4 Å². The van der Waals surface area contributed by atoms with Crippen LogP contribution in [0, 0.1) is 12.3 Å². The molecule has 3 aromatic rings. The fourth-order valence-electron chi connectivity index (χ4n) is 4.98. The van der Waals surface area contributed by atoms with E-state index in [-0.39, 0.29) is 6.04 Å². The van der Waals surface area contributed by atoms with Gasteiger partial charge >= 0.3 is 5.97 Å². The zero-order chi connectivity index (χ0) is 26.0. The summed E-state index contributed by atoms with van der Waals surface area (Å²) in [5.74, 6) is 0.382. The first-order valence-electron chi connectivity index (χ1n) is 12.4. The topological polar surface area (TPSA) is 73.6 Å². The number of allylic oxidation sites excluding steroid dienone is 2. The fourth-order valence-corrected chi connectivity index (χ4v) is 4.98. The number of aromatic nitrogens is 2. The van der Waals surface area contributed by atoms with Gasteiger partial charge in [-0.15, -0.1) is 0 Å². The highest BCUT2D eigenvalue weighted by atomic mass is 16.5. The Morgan fingerprint density at radius 2 is 1.83 bits per heavy atom. The van der Waals surface area contributed by atoms with Crippen LogP contribution >= 0.6 is 0 Å². The summed E-state index contributed by atoms with van der Waals surface area (Å²) in [6.07, 6.45) is 5.32. The summed E-state index contributed by atoms with van der Waals surface area (Å²) in [6, 6.07) is 13.6. The molecule has 6 nitrogen and oxygen atoms in total.